The lowest BCUT2D eigenvalue weighted by Gasteiger charge is -2.26. The molecular formula is C17H24ClN3O3. The van der Waals surface area contributed by atoms with Gasteiger partial charge in [-0.25, -0.2) is 4.42 Å². The molecule has 3 aliphatic rings. The highest BCUT2D eigenvalue weighted by molar-refractivity contribution is 6.14. The van der Waals surface area contributed by atoms with Crippen LogP contribution in [-0.2, 0) is 14.3 Å². The Balaban J connectivity index is 1.48. The Morgan fingerprint density at radius 2 is 1.96 bits per heavy atom. The number of halogens is 1. The smallest absolute Gasteiger partial charge is 0.302 e. The molecule has 0 aromatic carbocycles. The summed E-state index contributed by atoms with van der Waals surface area (Å²) in [5, 5.41) is 9.10. The minimum Gasteiger partial charge on any atom is -0.463 e. The summed E-state index contributed by atoms with van der Waals surface area (Å²) in [6.07, 6.45) is 5.39. The van der Waals surface area contributed by atoms with E-state index in [4.69, 9.17) is 21.8 Å². The first-order chi connectivity index (χ1) is 11.5. The minimum absolute atomic E-state index is 0.0462. The Morgan fingerprint density at radius 3 is 2.54 bits per heavy atom. The maximum atomic E-state index is 12.4. The number of nitrogens with zero attached hydrogens (tertiary/aromatic N) is 3. The van der Waals surface area contributed by atoms with Gasteiger partial charge in [-0.2, -0.15) is 5.26 Å². The first-order valence-corrected chi connectivity index (χ1v) is 9.10. The summed E-state index contributed by atoms with van der Waals surface area (Å²) < 4.78 is 6.96. The van der Waals surface area contributed by atoms with Crippen molar-refractivity contribution in [3.05, 3.63) is 0 Å². The summed E-state index contributed by atoms with van der Waals surface area (Å²) >= 11 is 6.40. The van der Waals surface area contributed by atoms with Crippen LogP contribution in [0.2, 0.25) is 0 Å². The summed E-state index contributed by atoms with van der Waals surface area (Å²) in [6.45, 7) is 2.27. The summed E-state index contributed by atoms with van der Waals surface area (Å²) in [4.78, 5) is 25.1. The van der Waals surface area contributed by atoms with Crippen molar-refractivity contribution in [1.29, 1.82) is 5.26 Å². The molecular weight excluding hydrogens is 330 g/mol. The fourth-order valence-electron chi connectivity index (χ4n) is 4.64. The number of esters is 1. The van der Waals surface area contributed by atoms with Gasteiger partial charge in [0.25, 0.3) is 0 Å². The van der Waals surface area contributed by atoms with Crippen molar-refractivity contribution in [2.75, 3.05) is 13.1 Å². The molecule has 0 spiro atoms. The van der Waals surface area contributed by atoms with Crippen LogP contribution in [0.3, 0.4) is 0 Å². The molecule has 1 unspecified atom stereocenters. The van der Waals surface area contributed by atoms with Crippen LogP contribution in [0.1, 0.15) is 45.4 Å². The standard InChI is InChI=1S/C17H24ClN3O3/c1-11(22)24-16-7-12-5-15(6-13(12)8-16)21(18)10-17(23)20-4-2-3-14(20)9-19/h12-16H,2-8,10H2,1H3/t12-,13+,14-,15?,16+/m0/s1. The van der Waals surface area contributed by atoms with Crippen molar-refractivity contribution in [2.45, 2.75) is 63.6 Å². The minimum atomic E-state index is -0.296. The molecule has 132 valence electrons. The molecule has 0 radical (unpaired) electrons. The molecule has 1 amide bonds. The van der Waals surface area contributed by atoms with Gasteiger partial charge in [-0.1, -0.05) is 0 Å². The Hall–Kier alpha value is -1.32. The number of amides is 1. The third kappa shape index (κ3) is 3.68. The van der Waals surface area contributed by atoms with Gasteiger partial charge < -0.3 is 9.64 Å². The van der Waals surface area contributed by atoms with Crippen LogP contribution in [-0.4, -0.2) is 52.5 Å². The number of hydrogen-bond acceptors (Lipinski definition) is 5. The first-order valence-electron chi connectivity index (χ1n) is 8.76. The molecule has 5 atom stereocenters. The fraction of sp³-hybridized carbons (Fsp3) is 0.824. The fourth-order valence-corrected chi connectivity index (χ4v) is 4.90. The lowest BCUT2D eigenvalue weighted by atomic mass is 10.0. The van der Waals surface area contributed by atoms with E-state index in [1.807, 2.05) is 0 Å². The lowest BCUT2D eigenvalue weighted by Crippen LogP contribution is -2.42. The van der Waals surface area contributed by atoms with E-state index < -0.39 is 0 Å². The van der Waals surface area contributed by atoms with E-state index in [1.165, 1.54) is 6.92 Å². The SMILES string of the molecule is CC(=O)O[C@H]1C[C@H]2CC(N(Cl)CC(=O)N3CCC[C@H]3C#N)C[C@H]2C1. The number of likely N-dealkylation sites (tertiary alicyclic amines) is 1. The molecule has 3 fully saturated rings. The molecule has 0 N–H and O–H groups in total. The predicted molar refractivity (Wildman–Crippen MR) is 87.7 cm³/mol. The van der Waals surface area contributed by atoms with E-state index in [0.29, 0.717) is 18.4 Å². The Morgan fingerprint density at radius 1 is 1.29 bits per heavy atom. The van der Waals surface area contributed by atoms with Crippen LogP contribution >= 0.6 is 11.8 Å². The number of nitriles is 1. The van der Waals surface area contributed by atoms with Crippen LogP contribution in [0, 0.1) is 23.2 Å². The Kier molecular flexibility index (Phi) is 5.31. The third-order valence-electron chi connectivity index (χ3n) is 5.68. The van der Waals surface area contributed by atoms with Crippen molar-refractivity contribution in [3.63, 3.8) is 0 Å². The molecule has 1 aliphatic heterocycles. The van der Waals surface area contributed by atoms with Gasteiger partial charge in [-0.15, -0.1) is 0 Å². The van der Waals surface area contributed by atoms with Gasteiger partial charge in [-0.3, -0.25) is 9.59 Å². The molecule has 0 aromatic rings. The van der Waals surface area contributed by atoms with E-state index in [2.05, 4.69) is 6.07 Å². The van der Waals surface area contributed by atoms with Crippen LogP contribution in [0.15, 0.2) is 0 Å². The normalized spacial score (nSPS) is 35.1. The molecule has 24 heavy (non-hydrogen) atoms. The van der Waals surface area contributed by atoms with Crippen LogP contribution in [0.4, 0.5) is 0 Å². The zero-order chi connectivity index (χ0) is 17.3. The van der Waals surface area contributed by atoms with Crippen LogP contribution < -0.4 is 0 Å². The summed E-state index contributed by atoms with van der Waals surface area (Å²) in [6, 6.07) is 2.08. The zero-order valence-electron chi connectivity index (χ0n) is 14.0. The quantitative estimate of drug-likeness (QED) is 0.571. The van der Waals surface area contributed by atoms with Crippen molar-refractivity contribution in [2.24, 2.45) is 11.8 Å². The number of hydrogen-bond donors (Lipinski definition) is 0. The predicted octanol–water partition coefficient (Wildman–Crippen LogP) is 2.08. The maximum absolute atomic E-state index is 12.4. The molecule has 0 aromatic heterocycles. The summed E-state index contributed by atoms with van der Waals surface area (Å²) in [5.74, 6) is 0.784. The molecule has 6 nitrogen and oxygen atoms in total. The highest BCUT2D eigenvalue weighted by atomic mass is 35.5. The number of ether oxygens (including phenoxy) is 1. The number of carbonyl (C=O) groups is 2. The highest BCUT2D eigenvalue weighted by Gasteiger charge is 2.44. The van der Waals surface area contributed by atoms with Gasteiger partial charge in [0.15, 0.2) is 0 Å². The molecule has 7 heteroatoms. The molecule has 1 heterocycles. The van der Waals surface area contributed by atoms with E-state index in [-0.39, 0.29) is 36.6 Å². The third-order valence-corrected chi connectivity index (χ3v) is 6.08. The van der Waals surface area contributed by atoms with Gasteiger partial charge in [0.05, 0.1) is 12.6 Å². The molecule has 2 saturated carbocycles. The molecule has 1 saturated heterocycles. The average molecular weight is 354 g/mol. The van der Waals surface area contributed by atoms with E-state index in [0.717, 1.165) is 38.5 Å². The lowest BCUT2D eigenvalue weighted by molar-refractivity contribution is -0.146. The van der Waals surface area contributed by atoms with E-state index in [9.17, 15) is 9.59 Å². The average Bonchev–Trinajstić information content (AvgIpc) is 3.19. The van der Waals surface area contributed by atoms with Crippen molar-refractivity contribution in [1.82, 2.24) is 9.32 Å². The Bertz CT molecular complexity index is 536. The largest absolute Gasteiger partial charge is 0.463 e. The van der Waals surface area contributed by atoms with Crippen LogP contribution in [0.25, 0.3) is 0 Å². The Labute approximate surface area is 147 Å². The van der Waals surface area contributed by atoms with Gasteiger partial charge in [-0.05, 0) is 62.1 Å². The molecule has 3 rings (SSSR count). The zero-order valence-corrected chi connectivity index (χ0v) is 14.7. The second-order valence-electron chi connectivity index (χ2n) is 7.28. The van der Waals surface area contributed by atoms with E-state index >= 15 is 0 Å². The number of carbonyl (C=O) groups excluding carboxylic acids is 2. The van der Waals surface area contributed by atoms with Gasteiger partial charge >= 0.3 is 5.97 Å². The van der Waals surface area contributed by atoms with Crippen molar-refractivity contribution in [3.8, 4) is 6.07 Å². The summed E-state index contributed by atoms with van der Waals surface area (Å²) in [7, 11) is 0. The van der Waals surface area contributed by atoms with Gasteiger partial charge in [0, 0.05) is 19.5 Å². The second-order valence-corrected chi connectivity index (χ2v) is 7.71. The number of fused-ring (bicyclic) bond motifs is 1. The number of rotatable bonds is 4. The highest BCUT2D eigenvalue weighted by Crippen LogP contribution is 2.47. The van der Waals surface area contributed by atoms with Crippen molar-refractivity contribution >= 4 is 23.7 Å². The first kappa shape index (κ1) is 17.5. The van der Waals surface area contributed by atoms with Crippen LogP contribution in [0.5, 0.6) is 0 Å². The van der Waals surface area contributed by atoms with E-state index in [1.54, 1.807) is 9.32 Å². The molecule has 2 aliphatic carbocycles. The monoisotopic (exact) mass is 353 g/mol. The maximum Gasteiger partial charge on any atom is 0.302 e. The topological polar surface area (TPSA) is 73.6 Å². The van der Waals surface area contributed by atoms with Gasteiger partial charge in [0.1, 0.15) is 12.1 Å². The second kappa shape index (κ2) is 7.28. The van der Waals surface area contributed by atoms with Gasteiger partial charge in [0.2, 0.25) is 5.91 Å². The van der Waals surface area contributed by atoms with Crippen molar-refractivity contribution < 1.29 is 14.3 Å². The summed E-state index contributed by atoms with van der Waals surface area (Å²) in [5.41, 5.74) is 0. The molecule has 0 bridgehead atoms.